The van der Waals surface area contributed by atoms with Crippen LogP contribution in [-0.4, -0.2) is 11.1 Å². The Morgan fingerprint density at radius 1 is 1.46 bits per heavy atom. The van der Waals surface area contributed by atoms with Crippen molar-refractivity contribution < 1.29 is 9.90 Å². The molecule has 0 saturated carbocycles. The predicted molar refractivity (Wildman–Crippen MR) is 51.6 cm³/mol. The van der Waals surface area contributed by atoms with Crippen molar-refractivity contribution in [2.75, 3.05) is 0 Å². The van der Waals surface area contributed by atoms with Gasteiger partial charge in [0.15, 0.2) is 0 Å². The summed E-state index contributed by atoms with van der Waals surface area (Å²) in [6, 6.07) is 7.14. The highest BCUT2D eigenvalue weighted by molar-refractivity contribution is 6.32. The topological polar surface area (TPSA) is 37.3 Å². The van der Waals surface area contributed by atoms with E-state index in [1.165, 1.54) is 6.08 Å². The SMILES string of the molecule is O=C(O)C=C=Cc1ccccc1Cl. The maximum atomic E-state index is 10.1. The lowest BCUT2D eigenvalue weighted by molar-refractivity contribution is -0.131. The van der Waals surface area contributed by atoms with Crippen molar-refractivity contribution in [2.24, 2.45) is 0 Å². The van der Waals surface area contributed by atoms with Crippen molar-refractivity contribution in [2.45, 2.75) is 0 Å². The lowest BCUT2D eigenvalue weighted by atomic mass is 10.2. The smallest absolute Gasteiger partial charge is 0.336 e. The van der Waals surface area contributed by atoms with Crippen LogP contribution in [0.3, 0.4) is 0 Å². The van der Waals surface area contributed by atoms with Gasteiger partial charge in [-0.1, -0.05) is 29.8 Å². The van der Waals surface area contributed by atoms with E-state index < -0.39 is 5.97 Å². The number of aliphatic carboxylic acids is 1. The molecular formula is C10H7ClO2. The molecule has 0 fully saturated rings. The van der Waals surface area contributed by atoms with Crippen LogP contribution in [0.1, 0.15) is 5.56 Å². The van der Waals surface area contributed by atoms with E-state index in [2.05, 4.69) is 5.73 Å². The maximum absolute atomic E-state index is 10.1. The van der Waals surface area contributed by atoms with Crippen LogP contribution in [0.2, 0.25) is 5.02 Å². The first-order valence-electron chi connectivity index (χ1n) is 3.60. The van der Waals surface area contributed by atoms with Crippen LogP contribution >= 0.6 is 11.6 Å². The second-order valence-electron chi connectivity index (χ2n) is 2.32. The summed E-state index contributed by atoms with van der Waals surface area (Å²) in [7, 11) is 0. The number of carboxylic acids is 1. The fourth-order valence-corrected chi connectivity index (χ4v) is 0.985. The number of hydrogen-bond donors (Lipinski definition) is 1. The molecule has 0 unspecified atom stereocenters. The van der Waals surface area contributed by atoms with E-state index in [-0.39, 0.29) is 0 Å². The Hall–Kier alpha value is -1.50. The van der Waals surface area contributed by atoms with E-state index in [1.54, 1.807) is 18.2 Å². The first kappa shape index (κ1) is 9.59. The van der Waals surface area contributed by atoms with Gasteiger partial charge in [0.05, 0.1) is 6.08 Å². The molecule has 0 aliphatic carbocycles. The second kappa shape index (κ2) is 4.51. The van der Waals surface area contributed by atoms with Gasteiger partial charge in [-0.05, 0) is 12.1 Å². The fraction of sp³-hybridized carbons (Fsp3) is 0. The Bertz CT molecular complexity index is 376. The summed E-state index contributed by atoms with van der Waals surface area (Å²) in [5.41, 5.74) is 3.26. The van der Waals surface area contributed by atoms with E-state index >= 15 is 0 Å². The molecule has 0 radical (unpaired) electrons. The normalized spacial score (nSPS) is 8.69. The average molecular weight is 195 g/mol. The first-order chi connectivity index (χ1) is 6.20. The number of carboxylic acid groups (broad SMARTS) is 1. The third-order valence-electron chi connectivity index (χ3n) is 1.35. The summed E-state index contributed by atoms with van der Waals surface area (Å²) in [4.78, 5) is 10.1. The van der Waals surface area contributed by atoms with Crippen molar-refractivity contribution in [3.8, 4) is 0 Å². The molecule has 0 saturated heterocycles. The zero-order chi connectivity index (χ0) is 9.68. The Morgan fingerprint density at radius 2 is 2.15 bits per heavy atom. The van der Waals surface area contributed by atoms with Crippen molar-refractivity contribution in [3.05, 3.63) is 46.7 Å². The first-order valence-corrected chi connectivity index (χ1v) is 3.98. The molecule has 66 valence electrons. The molecule has 0 amide bonds. The van der Waals surface area contributed by atoms with Gasteiger partial charge in [0.25, 0.3) is 0 Å². The lowest BCUT2D eigenvalue weighted by Crippen LogP contribution is -1.83. The van der Waals surface area contributed by atoms with E-state index in [1.807, 2.05) is 6.07 Å². The summed E-state index contributed by atoms with van der Waals surface area (Å²) >= 11 is 5.81. The molecule has 1 N–H and O–H groups in total. The summed E-state index contributed by atoms with van der Waals surface area (Å²) in [6.45, 7) is 0. The molecule has 0 spiro atoms. The molecule has 0 aliphatic rings. The van der Waals surface area contributed by atoms with Gasteiger partial charge in [0.1, 0.15) is 0 Å². The van der Waals surface area contributed by atoms with Gasteiger partial charge in [-0.2, -0.15) is 0 Å². The Kier molecular flexibility index (Phi) is 3.32. The Balaban J connectivity index is 2.92. The summed E-state index contributed by atoms with van der Waals surface area (Å²) in [5.74, 6) is -1.02. The fourth-order valence-electron chi connectivity index (χ4n) is 0.795. The van der Waals surface area contributed by atoms with E-state index in [0.717, 1.165) is 11.6 Å². The molecule has 1 aromatic carbocycles. The van der Waals surface area contributed by atoms with Gasteiger partial charge in [-0.15, -0.1) is 5.73 Å². The predicted octanol–water partition coefficient (Wildman–Crippen LogP) is 2.59. The average Bonchev–Trinajstić information content (AvgIpc) is 2.08. The molecule has 0 aromatic heterocycles. The molecule has 2 nitrogen and oxygen atoms in total. The number of benzene rings is 1. The Morgan fingerprint density at radius 3 is 2.77 bits per heavy atom. The number of halogens is 1. The van der Waals surface area contributed by atoms with Gasteiger partial charge >= 0.3 is 5.97 Å². The monoisotopic (exact) mass is 194 g/mol. The quantitative estimate of drug-likeness (QED) is 0.581. The van der Waals surface area contributed by atoms with Crippen molar-refractivity contribution in [3.63, 3.8) is 0 Å². The van der Waals surface area contributed by atoms with Crippen molar-refractivity contribution >= 4 is 23.6 Å². The standard InChI is InChI=1S/C10H7ClO2/c11-9-6-2-1-4-8(9)5-3-7-10(12)13/h1-2,4-7H,(H,12,13). The third-order valence-corrected chi connectivity index (χ3v) is 1.70. The minimum Gasteiger partial charge on any atom is -0.478 e. The molecule has 1 aromatic rings. The molecule has 1 rings (SSSR count). The minimum absolute atomic E-state index is 0.578. The second-order valence-corrected chi connectivity index (χ2v) is 2.72. The Labute approximate surface area is 80.8 Å². The van der Waals surface area contributed by atoms with Crippen molar-refractivity contribution in [1.82, 2.24) is 0 Å². The summed E-state index contributed by atoms with van der Waals surface area (Å²) in [5, 5.41) is 8.87. The van der Waals surface area contributed by atoms with Gasteiger partial charge < -0.3 is 5.11 Å². The number of hydrogen-bond acceptors (Lipinski definition) is 1. The molecular weight excluding hydrogens is 188 g/mol. The number of carbonyl (C=O) groups is 1. The van der Waals surface area contributed by atoms with Crippen LogP contribution in [0.5, 0.6) is 0 Å². The zero-order valence-corrected chi connectivity index (χ0v) is 7.45. The van der Waals surface area contributed by atoms with Crippen LogP contribution in [0.25, 0.3) is 6.08 Å². The molecule has 13 heavy (non-hydrogen) atoms. The van der Waals surface area contributed by atoms with E-state index in [4.69, 9.17) is 16.7 Å². The van der Waals surface area contributed by atoms with Crippen LogP contribution in [0.4, 0.5) is 0 Å². The highest BCUT2D eigenvalue weighted by Gasteiger charge is 1.91. The highest BCUT2D eigenvalue weighted by atomic mass is 35.5. The molecule has 0 aliphatic heterocycles. The minimum atomic E-state index is -1.02. The zero-order valence-electron chi connectivity index (χ0n) is 6.70. The molecule has 0 atom stereocenters. The van der Waals surface area contributed by atoms with Gasteiger partial charge in [-0.25, -0.2) is 4.79 Å². The highest BCUT2D eigenvalue weighted by Crippen LogP contribution is 2.15. The number of rotatable bonds is 2. The van der Waals surface area contributed by atoms with Gasteiger partial charge in [0, 0.05) is 10.6 Å². The van der Waals surface area contributed by atoms with Crippen molar-refractivity contribution in [1.29, 1.82) is 0 Å². The van der Waals surface area contributed by atoms with Crippen LogP contribution in [0.15, 0.2) is 36.1 Å². The molecule has 0 heterocycles. The third kappa shape index (κ3) is 3.16. The van der Waals surface area contributed by atoms with Crippen LogP contribution in [-0.2, 0) is 4.79 Å². The lowest BCUT2D eigenvalue weighted by Gasteiger charge is -1.92. The molecule has 3 heteroatoms. The largest absolute Gasteiger partial charge is 0.478 e. The molecule has 0 bridgehead atoms. The van der Waals surface area contributed by atoms with E-state index in [9.17, 15) is 4.79 Å². The van der Waals surface area contributed by atoms with Gasteiger partial charge in [0.2, 0.25) is 0 Å². The van der Waals surface area contributed by atoms with E-state index in [0.29, 0.717) is 5.02 Å². The summed E-state index contributed by atoms with van der Waals surface area (Å²) in [6.07, 6.45) is 2.46. The van der Waals surface area contributed by atoms with Crippen LogP contribution in [0, 0.1) is 0 Å². The summed E-state index contributed by atoms with van der Waals surface area (Å²) < 4.78 is 0. The maximum Gasteiger partial charge on any atom is 0.336 e. The van der Waals surface area contributed by atoms with Crippen LogP contribution < -0.4 is 0 Å². The van der Waals surface area contributed by atoms with Gasteiger partial charge in [-0.3, -0.25) is 0 Å².